The number of nitriles is 1. The van der Waals surface area contributed by atoms with E-state index in [1.807, 2.05) is 63.7 Å². The van der Waals surface area contributed by atoms with Crippen molar-refractivity contribution in [1.29, 1.82) is 5.26 Å². The van der Waals surface area contributed by atoms with Crippen molar-refractivity contribution in [3.63, 3.8) is 0 Å². The maximum atomic E-state index is 12.8. The Balaban J connectivity index is 0.000000672. The van der Waals surface area contributed by atoms with Gasteiger partial charge in [0.1, 0.15) is 17.7 Å². The maximum absolute atomic E-state index is 12.8. The standard InChI is InChI=1S/C15H31NO2.C11H13F3N2O.C7H6N2.C2H6/c1-5-9-10-12-16(11-6-2)15(17)14(8-4)18-13-7-3;1-5(2)6-3-4-7-8(11(12,13)14)10(17)16-15-9(6)7;1-6-2-3-7(4-8)5-9-6;1-2/h14H,5-13H2,1-4H3;5-6H,3-4H2,1-2H3,(H,16,17);2-3,5H,1H3;1-2H3. The molecule has 0 saturated carbocycles. The molecule has 8 nitrogen and oxygen atoms in total. The predicted molar refractivity (Wildman–Crippen MR) is 178 cm³/mol. The van der Waals surface area contributed by atoms with E-state index in [1.54, 1.807) is 12.3 Å². The highest BCUT2D eigenvalue weighted by molar-refractivity contribution is 5.80. The molecule has 0 radical (unpaired) electrons. The molecular weight excluding hydrogens is 595 g/mol. The first-order chi connectivity index (χ1) is 21.9. The topological polar surface area (TPSA) is 112 Å². The second-order valence-electron chi connectivity index (χ2n) is 11.3. The van der Waals surface area contributed by atoms with Gasteiger partial charge < -0.3 is 9.64 Å². The third-order valence-electron chi connectivity index (χ3n) is 7.31. The number of nitrogens with zero attached hydrogens (tertiary/aromatic N) is 4. The zero-order valence-electron chi connectivity index (χ0n) is 29.4. The van der Waals surface area contributed by atoms with E-state index in [0.29, 0.717) is 24.3 Å². The van der Waals surface area contributed by atoms with Gasteiger partial charge in [0.25, 0.3) is 11.5 Å². The molecule has 11 heteroatoms. The average molecular weight is 652 g/mol. The first-order valence-electron chi connectivity index (χ1n) is 16.8. The Morgan fingerprint density at radius 2 is 1.78 bits per heavy atom. The molecule has 1 aliphatic carbocycles. The normalized spacial score (nSPS) is 14.0. The molecule has 0 aliphatic heterocycles. The second kappa shape index (κ2) is 23.1. The summed E-state index contributed by atoms with van der Waals surface area (Å²) in [5, 5.41) is 14.1. The molecule has 2 heterocycles. The molecule has 260 valence electrons. The lowest BCUT2D eigenvalue weighted by Gasteiger charge is -2.26. The fourth-order valence-corrected chi connectivity index (χ4v) is 4.96. The van der Waals surface area contributed by atoms with Crippen LogP contribution in [0, 0.1) is 24.2 Å². The molecule has 0 aromatic carbocycles. The fourth-order valence-electron chi connectivity index (χ4n) is 4.96. The van der Waals surface area contributed by atoms with E-state index in [2.05, 4.69) is 30.9 Å². The number of hydrogen-bond donors (Lipinski definition) is 1. The van der Waals surface area contributed by atoms with Crippen LogP contribution in [-0.4, -0.2) is 51.8 Å². The van der Waals surface area contributed by atoms with Crippen LogP contribution in [0.4, 0.5) is 13.2 Å². The van der Waals surface area contributed by atoms with Crippen molar-refractivity contribution < 1.29 is 22.7 Å². The summed E-state index contributed by atoms with van der Waals surface area (Å²) >= 11 is 0. The number of nitrogens with one attached hydrogen (secondary N) is 1. The number of carbonyl (C=O) groups is 1. The monoisotopic (exact) mass is 651 g/mol. The minimum atomic E-state index is -4.60. The Morgan fingerprint density at radius 3 is 2.26 bits per heavy atom. The van der Waals surface area contributed by atoms with E-state index in [9.17, 15) is 22.8 Å². The highest BCUT2D eigenvalue weighted by Crippen LogP contribution is 2.41. The number of aryl methyl sites for hydroxylation is 1. The molecule has 0 saturated heterocycles. The van der Waals surface area contributed by atoms with Crippen LogP contribution in [0.25, 0.3) is 0 Å². The lowest BCUT2D eigenvalue weighted by atomic mass is 9.93. The second-order valence-corrected chi connectivity index (χ2v) is 11.3. The van der Waals surface area contributed by atoms with Crippen molar-refractivity contribution >= 4 is 5.91 Å². The molecule has 1 aliphatic rings. The summed E-state index contributed by atoms with van der Waals surface area (Å²) in [7, 11) is 0. The summed E-state index contributed by atoms with van der Waals surface area (Å²) in [6.45, 7) is 20.6. The molecular formula is C35H56F3N5O3. The number of ether oxygens (including phenoxy) is 1. The summed E-state index contributed by atoms with van der Waals surface area (Å²) in [5.41, 5.74) is -0.159. The van der Waals surface area contributed by atoms with Crippen LogP contribution >= 0.6 is 0 Å². The van der Waals surface area contributed by atoms with Crippen LogP contribution in [0.5, 0.6) is 0 Å². The molecule has 1 N–H and O–H groups in total. The van der Waals surface area contributed by atoms with Gasteiger partial charge in [-0.25, -0.2) is 5.10 Å². The van der Waals surface area contributed by atoms with Gasteiger partial charge in [0.15, 0.2) is 0 Å². The van der Waals surface area contributed by atoms with Crippen molar-refractivity contribution in [2.24, 2.45) is 5.92 Å². The SMILES string of the molecule is CC.CC(C)C1CCc2c1n[nH]c(=O)c2C(F)(F)F.CCCCCN(CCC)C(=O)C(CC)OCCC.Cc1ccc(C#N)cn1. The molecule has 2 aromatic heterocycles. The summed E-state index contributed by atoms with van der Waals surface area (Å²) in [6.07, 6.45) is 3.87. The van der Waals surface area contributed by atoms with Crippen molar-refractivity contribution in [3.8, 4) is 6.07 Å². The smallest absolute Gasteiger partial charge is 0.368 e. The molecule has 2 unspecified atom stereocenters. The minimum Gasteiger partial charge on any atom is -0.368 e. The van der Waals surface area contributed by atoms with Crippen LogP contribution in [0.1, 0.15) is 134 Å². The van der Waals surface area contributed by atoms with Crippen LogP contribution < -0.4 is 5.56 Å². The highest BCUT2D eigenvalue weighted by Gasteiger charge is 2.41. The van der Waals surface area contributed by atoms with Crippen molar-refractivity contribution in [2.45, 2.75) is 132 Å². The van der Waals surface area contributed by atoms with Gasteiger partial charge in [-0.2, -0.15) is 23.5 Å². The number of aromatic amines is 1. The van der Waals surface area contributed by atoms with Gasteiger partial charge in [0.2, 0.25) is 0 Å². The maximum Gasteiger partial charge on any atom is 0.422 e. The Labute approximate surface area is 274 Å². The van der Waals surface area contributed by atoms with Gasteiger partial charge in [-0.05, 0) is 69.1 Å². The number of rotatable bonds is 12. The number of alkyl halides is 3. The van der Waals surface area contributed by atoms with Crippen LogP contribution in [-0.2, 0) is 22.1 Å². The predicted octanol–water partition coefficient (Wildman–Crippen LogP) is 8.38. The third-order valence-corrected chi connectivity index (χ3v) is 7.31. The van der Waals surface area contributed by atoms with Gasteiger partial charge in [0, 0.05) is 37.5 Å². The molecule has 0 bridgehead atoms. The molecule has 0 fully saturated rings. The van der Waals surface area contributed by atoms with Crippen LogP contribution in [0.15, 0.2) is 23.1 Å². The number of unbranched alkanes of at least 4 members (excludes halogenated alkanes) is 2. The van der Waals surface area contributed by atoms with Crippen molar-refractivity contribution in [2.75, 3.05) is 19.7 Å². The van der Waals surface area contributed by atoms with E-state index in [4.69, 9.17) is 10.00 Å². The Kier molecular flexibility index (Phi) is 21.5. The zero-order chi connectivity index (χ0) is 35.3. The number of halogens is 3. The van der Waals surface area contributed by atoms with E-state index in [1.165, 1.54) is 12.8 Å². The summed E-state index contributed by atoms with van der Waals surface area (Å²) in [4.78, 5) is 29.5. The number of H-pyrrole nitrogens is 1. The van der Waals surface area contributed by atoms with Gasteiger partial charge in [-0.3, -0.25) is 14.6 Å². The highest BCUT2D eigenvalue weighted by atomic mass is 19.4. The van der Waals surface area contributed by atoms with Gasteiger partial charge in [0.05, 0.1) is 11.3 Å². The van der Waals surface area contributed by atoms with Gasteiger partial charge in [-0.1, -0.05) is 68.2 Å². The molecule has 1 amide bonds. The van der Waals surface area contributed by atoms with Gasteiger partial charge >= 0.3 is 6.18 Å². The summed E-state index contributed by atoms with van der Waals surface area (Å²) in [6, 6.07) is 5.56. The first kappa shape index (κ1) is 42.7. The zero-order valence-corrected chi connectivity index (χ0v) is 29.4. The molecule has 46 heavy (non-hydrogen) atoms. The van der Waals surface area contributed by atoms with E-state index >= 15 is 0 Å². The fraction of sp³-hybridized carbons (Fsp3) is 0.686. The number of aromatic nitrogens is 3. The molecule has 2 atom stereocenters. The Bertz CT molecular complexity index is 1220. The first-order valence-corrected chi connectivity index (χ1v) is 16.8. The van der Waals surface area contributed by atoms with Crippen LogP contribution in [0.3, 0.4) is 0 Å². The largest absolute Gasteiger partial charge is 0.422 e. The van der Waals surface area contributed by atoms with E-state index in [0.717, 1.165) is 44.5 Å². The number of hydrogen-bond acceptors (Lipinski definition) is 6. The van der Waals surface area contributed by atoms with Crippen molar-refractivity contribution in [3.05, 3.63) is 56.8 Å². The molecule has 2 aromatic rings. The Morgan fingerprint density at radius 1 is 1.11 bits per heavy atom. The van der Waals surface area contributed by atoms with E-state index < -0.39 is 17.3 Å². The third kappa shape index (κ3) is 14.4. The molecule has 0 spiro atoms. The number of fused-ring (bicyclic) bond motifs is 1. The minimum absolute atomic E-state index is 0.00273. The Hall–Kier alpha value is -3.26. The lowest BCUT2D eigenvalue weighted by Crippen LogP contribution is -2.41. The quantitative estimate of drug-likeness (QED) is 0.231. The summed E-state index contributed by atoms with van der Waals surface area (Å²) in [5.74, 6) is 0.405. The number of amides is 1. The average Bonchev–Trinajstić information content (AvgIpc) is 3.46. The van der Waals surface area contributed by atoms with E-state index in [-0.39, 0.29) is 35.8 Å². The lowest BCUT2D eigenvalue weighted by molar-refractivity contribution is -0.144. The number of carbonyl (C=O) groups excluding carboxylic acids is 1. The van der Waals surface area contributed by atoms with Crippen LogP contribution in [0.2, 0.25) is 0 Å². The summed E-state index contributed by atoms with van der Waals surface area (Å²) < 4.78 is 44.0. The molecule has 3 rings (SSSR count). The van der Waals surface area contributed by atoms with Crippen molar-refractivity contribution in [1.82, 2.24) is 20.1 Å². The number of pyridine rings is 1. The van der Waals surface area contributed by atoms with Gasteiger partial charge in [-0.15, -0.1) is 0 Å².